The van der Waals surface area contributed by atoms with Crippen molar-refractivity contribution in [3.8, 4) is 0 Å². The van der Waals surface area contributed by atoms with E-state index in [-0.39, 0.29) is 19.0 Å². The Kier molecular flexibility index (Phi) is 4.79. The number of hydrogen-bond donors (Lipinski definition) is 2. The van der Waals surface area contributed by atoms with Crippen LogP contribution in [-0.4, -0.2) is 55.7 Å². The van der Waals surface area contributed by atoms with Gasteiger partial charge in [0, 0.05) is 19.6 Å². The number of piperazine rings is 1. The largest absolute Gasteiger partial charge is 0.480 e. The lowest BCUT2D eigenvalue weighted by Gasteiger charge is -2.29. The first-order chi connectivity index (χ1) is 5.91. The lowest BCUT2D eigenvalue weighted by molar-refractivity contribution is -0.140. The van der Waals surface area contributed by atoms with Crippen molar-refractivity contribution in [2.75, 3.05) is 25.9 Å². The first-order valence-corrected chi connectivity index (χ1v) is 5.67. The highest BCUT2D eigenvalue weighted by atomic mass is 35.5. The number of rotatable bonds is 2. The molecular formula is C6H13ClN2O4S. The molecule has 1 saturated heterocycles. The molecule has 1 fully saturated rings. The summed E-state index contributed by atoms with van der Waals surface area (Å²) in [5.74, 6) is -1.02. The van der Waals surface area contributed by atoms with E-state index in [4.69, 9.17) is 5.11 Å². The molecule has 0 unspecified atom stereocenters. The van der Waals surface area contributed by atoms with Crippen LogP contribution in [0.15, 0.2) is 0 Å². The Morgan fingerprint density at radius 2 is 2.14 bits per heavy atom. The maximum atomic E-state index is 11.1. The first kappa shape index (κ1) is 13.6. The molecule has 1 aliphatic heterocycles. The second-order valence-corrected chi connectivity index (χ2v) is 4.95. The van der Waals surface area contributed by atoms with Crippen LogP contribution < -0.4 is 5.32 Å². The van der Waals surface area contributed by atoms with Gasteiger partial charge in [-0.1, -0.05) is 0 Å². The number of carbonyl (C=O) groups is 1. The predicted octanol–water partition coefficient (Wildman–Crippen LogP) is -1.27. The van der Waals surface area contributed by atoms with Gasteiger partial charge < -0.3 is 10.4 Å². The molecule has 6 nitrogen and oxygen atoms in total. The highest BCUT2D eigenvalue weighted by molar-refractivity contribution is 7.88. The van der Waals surface area contributed by atoms with E-state index >= 15 is 0 Å². The van der Waals surface area contributed by atoms with E-state index in [0.29, 0.717) is 13.1 Å². The number of nitrogens with zero attached hydrogens (tertiary/aromatic N) is 1. The van der Waals surface area contributed by atoms with E-state index in [0.717, 1.165) is 6.26 Å². The Morgan fingerprint density at radius 3 is 2.57 bits per heavy atom. The number of sulfonamides is 1. The van der Waals surface area contributed by atoms with Crippen molar-refractivity contribution in [2.24, 2.45) is 0 Å². The van der Waals surface area contributed by atoms with Gasteiger partial charge in [-0.15, -0.1) is 12.4 Å². The minimum Gasteiger partial charge on any atom is -0.480 e. The van der Waals surface area contributed by atoms with E-state index in [1.54, 1.807) is 0 Å². The molecule has 1 heterocycles. The molecule has 0 spiro atoms. The number of hydrogen-bond acceptors (Lipinski definition) is 4. The third kappa shape index (κ3) is 3.41. The average Bonchev–Trinajstić information content (AvgIpc) is 2.03. The minimum absolute atomic E-state index is 0. The Balaban J connectivity index is 0.00000169. The van der Waals surface area contributed by atoms with Crippen LogP contribution in [0.1, 0.15) is 0 Å². The molecule has 0 aliphatic carbocycles. The fourth-order valence-corrected chi connectivity index (χ4v) is 2.03. The predicted molar refractivity (Wildman–Crippen MR) is 53.1 cm³/mol. The van der Waals surface area contributed by atoms with E-state index < -0.39 is 22.0 Å². The van der Waals surface area contributed by atoms with Gasteiger partial charge in [-0.2, -0.15) is 4.31 Å². The van der Waals surface area contributed by atoms with Gasteiger partial charge in [-0.3, -0.25) is 4.79 Å². The summed E-state index contributed by atoms with van der Waals surface area (Å²) in [5.41, 5.74) is 0. The van der Waals surface area contributed by atoms with Gasteiger partial charge in [0.05, 0.1) is 6.26 Å². The van der Waals surface area contributed by atoms with Crippen molar-refractivity contribution in [1.29, 1.82) is 0 Å². The van der Waals surface area contributed by atoms with Crippen LogP contribution in [0.3, 0.4) is 0 Å². The Hall–Kier alpha value is -0.370. The summed E-state index contributed by atoms with van der Waals surface area (Å²) in [6, 6.07) is -0.788. The molecule has 0 aromatic carbocycles. The van der Waals surface area contributed by atoms with Crippen LogP contribution in [0.25, 0.3) is 0 Å². The number of nitrogens with one attached hydrogen (secondary N) is 1. The molecular weight excluding hydrogens is 232 g/mol. The molecule has 0 bridgehead atoms. The Labute approximate surface area is 88.7 Å². The molecule has 1 aliphatic rings. The van der Waals surface area contributed by atoms with Crippen molar-refractivity contribution in [2.45, 2.75) is 6.04 Å². The van der Waals surface area contributed by atoms with Crippen molar-refractivity contribution in [1.82, 2.24) is 9.62 Å². The van der Waals surface area contributed by atoms with Crippen LogP contribution in [0.2, 0.25) is 0 Å². The van der Waals surface area contributed by atoms with Crippen molar-refractivity contribution in [3.63, 3.8) is 0 Å². The fraction of sp³-hybridized carbons (Fsp3) is 0.833. The van der Waals surface area contributed by atoms with E-state index in [1.165, 1.54) is 4.31 Å². The lowest BCUT2D eigenvalue weighted by Crippen LogP contribution is -2.55. The zero-order valence-electron chi connectivity index (χ0n) is 7.63. The van der Waals surface area contributed by atoms with Gasteiger partial charge in [0.1, 0.15) is 6.04 Å². The molecule has 0 aromatic heterocycles. The van der Waals surface area contributed by atoms with Gasteiger partial charge in [0.15, 0.2) is 0 Å². The Morgan fingerprint density at radius 1 is 1.57 bits per heavy atom. The van der Waals surface area contributed by atoms with Gasteiger partial charge in [-0.25, -0.2) is 8.42 Å². The summed E-state index contributed by atoms with van der Waals surface area (Å²) in [4.78, 5) is 10.5. The summed E-state index contributed by atoms with van der Waals surface area (Å²) < 4.78 is 23.3. The SMILES string of the molecule is CS(=O)(=O)N1CCN[C@@H](C(=O)O)C1.Cl. The number of aliphatic carboxylic acids is 1. The van der Waals surface area contributed by atoms with Crippen molar-refractivity contribution < 1.29 is 18.3 Å². The summed E-state index contributed by atoms with van der Waals surface area (Å²) in [5, 5.41) is 11.4. The maximum absolute atomic E-state index is 11.1. The highest BCUT2D eigenvalue weighted by Crippen LogP contribution is 2.03. The summed E-state index contributed by atoms with van der Waals surface area (Å²) in [6.45, 7) is 0.723. The quantitative estimate of drug-likeness (QED) is 0.632. The van der Waals surface area contributed by atoms with E-state index in [9.17, 15) is 13.2 Å². The highest BCUT2D eigenvalue weighted by Gasteiger charge is 2.29. The zero-order valence-corrected chi connectivity index (χ0v) is 9.27. The van der Waals surface area contributed by atoms with E-state index in [2.05, 4.69) is 5.32 Å². The second-order valence-electron chi connectivity index (χ2n) is 2.97. The molecule has 8 heteroatoms. The monoisotopic (exact) mass is 244 g/mol. The third-order valence-electron chi connectivity index (χ3n) is 1.91. The molecule has 1 rings (SSSR count). The fourth-order valence-electron chi connectivity index (χ4n) is 1.19. The third-order valence-corrected chi connectivity index (χ3v) is 3.17. The molecule has 84 valence electrons. The van der Waals surface area contributed by atoms with Crippen LogP contribution in [0, 0.1) is 0 Å². The number of carboxylic acids is 1. The van der Waals surface area contributed by atoms with Gasteiger partial charge in [-0.05, 0) is 0 Å². The van der Waals surface area contributed by atoms with Gasteiger partial charge in [0.2, 0.25) is 10.0 Å². The molecule has 0 amide bonds. The van der Waals surface area contributed by atoms with Crippen LogP contribution in [-0.2, 0) is 14.8 Å². The normalized spacial score (nSPS) is 23.9. The molecule has 0 saturated carbocycles. The van der Waals surface area contributed by atoms with Crippen LogP contribution in [0.5, 0.6) is 0 Å². The lowest BCUT2D eigenvalue weighted by atomic mass is 10.2. The minimum atomic E-state index is -3.26. The standard InChI is InChI=1S/C6H12N2O4S.ClH/c1-13(11,12)8-3-2-7-5(4-8)6(9)10;/h5,7H,2-4H2,1H3,(H,9,10);1H/t5-;/m1./s1. The van der Waals surface area contributed by atoms with E-state index in [1.807, 2.05) is 0 Å². The summed E-state index contributed by atoms with van der Waals surface area (Å²) >= 11 is 0. The number of carboxylic acid groups (broad SMARTS) is 1. The Bertz CT molecular complexity index is 305. The summed E-state index contributed by atoms with van der Waals surface area (Å²) in [6.07, 6.45) is 1.08. The van der Waals surface area contributed by atoms with Crippen LogP contribution in [0.4, 0.5) is 0 Å². The topological polar surface area (TPSA) is 86.7 Å². The molecule has 0 aromatic rings. The van der Waals surface area contributed by atoms with Gasteiger partial charge >= 0.3 is 5.97 Å². The number of halogens is 1. The smallest absolute Gasteiger partial charge is 0.322 e. The first-order valence-electron chi connectivity index (χ1n) is 3.82. The zero-order chi connectivity index (χ0) is 10.1. The second kappa shape index (κ2) is 4.92. The maximum Gasteiger partial charge on any atom is 0.322 e. The molecule has 14 heavy (non-hydrogen) atoms. The molecule has 1 atom stereocenters. The van der Waals surface area contributed by atoms with Crippen molar-refractivity contribution in [3.05, 3.63) is 0 Å². The van der Waals surface area contributed by atoms with Crippen molar-refractivity contribution >= 4 is 28.4 Å². The van der Waals surface area contributed by atoms with Gasteiger partial charge in [0.25, 0.3) is 0 Å². The molecule has 0 radical (unpaired) electrons. The van der Waals surface area contributed by atoms with Crippen LogP contribution >= 0.6 is 12.4 Å². The average molecular weight is 245 g/mol. The summed E-state index contributed by atoms with van der Waals surface area (Å²) in [7, 11) is -3.26. The molecule has 2 N–H and O–H groups in total.